The van der Waals surface area contributed by atoms with E-state index in [1.807, 2.05) is 0 Å². The van der Waals surface area contributed by atoms with Gasteiger partial charge in [0.25, 0.3) is 6.71 Å². The summed E-state index contributed by atoms with van der Waals surface area (Å²) in [5.41, 5.74) is -9.62. The molecule has 0 fully saturated rings. The molecule has 42 heavy (non-hydrogen) atoms. The lowest BCUT2D eigenvalue weighted by molar-refractivity contribution is 0.465. The van der Waals surface area contributed by atoms with Crippen LogP contribution in [0, 0.1) is 0 Å². The van der Waals surface area contributed by atoms with Crippen molar-refractivity contribution in [1.82, 2.24) is 0 Å². The lowest BCUT2D eigenvalue weighted by Crippen LogP contribution is -2.57. The summed E-state index contributed by atoms with van der Waals surface area (Å²) >= 11 is 0. The minimum Gasteiger partial charge on any atom is -0.458 e. The highest BCUT2D eigenvalue weighted by Crippen LogP contribution is 2.43. The quantitative estimate of drug-likeness (QED) is 0.198. The van der Waals surface area contributed by atoms with Gasteiger partial charge in [-0.1, -0.05) is 102 Å². The highest BCUT2D eigenvalue weighted by molar-refractivity contribution is 6.98. The number of hydrogen-bond donors (Lipinski definition) is 0. The van der Waals surface area contributed by atoms with E-state index in [9.17, 15) is 5.48 Å². The molecule has 2 heterocycles. The van der Waals surface area contributed by atoms with Crippen molar-refractivity contribution < 1.29 is 43.7 Å². The van der Waals surface area contributed by atoms with E-state index in [1.165, 1.54) is 0 Å². The fraction of sp³-hybridized carbons (Fsp3) is 0.211. The molecule has 0 aromatic heterocycles. The van der Waals surface area contributed by atoms with Crippen molar-refractivity contribution in [2.45, 2.75) is 52.2 Å². The maximum atomic E-state index is 9.37. The van der Waals surface area contributed by atoms with Crippen molar-refractivity contribution in [3.63, 3.8) is 0 Å². The molecular formula is C38H36BNO2. The van der Waals surface area contributed by atoms with E-state index >= 15 is 0 Å². The molecule has 5 aromatic carbocycles. The number of benzene rings is 5. The lowest BCUT2D eigenvalue weighted by Gasteiger charge is -2.35. The van der Waals surface area contributed by atoms with Crippen LogP contribution in [0.25, 0.3) is 0 Å². The van der Waals surface area contributed by atoms with Crippen LogP contribution in [-0.2, 0) is 10.8 Å². The summed E-state index contributed by atoms with van der Waals surface area (Å²) in [6.45, 7) is -8.83. The first-order chi connectivity index (χ1) is 30.5. The molecule has 0 saturated carbocycles. The Kier molecular flexibility index (Phi) is 2.43. The fourth-order valence-corrected chi connectivity index (χ4v) is 4.78. The number of ether oxygens (including phenoxy) is 2. The van der Waals surface area contributed by atoms with Gasteiger partial charge in [0, 0.05) is 41.3 Å². The Morgan fingerprint density at radius 1 is 0.571 bits per heavy atom. The lowest BCUT2D eigenvalue weighted by atomic mass is 9.35. The molecule has 2 aliphatic heterocycles. The van der Waals surface area contributed by atoms with Crippen LogP contribution in [0.2, 0.25) is 0 Å². The normalized spacial score (nSPS) is 22.7. The zero-order valence-corrected chi connectivity index (χ0v) is 22.5. The molecule has 7 rings (SSSR count). The second-order valence-corrected chi connectivity index (χ2v) is 10.8. The molecule has 0 N–H and O–H groups in total. The van der Waals surface area contributed by atoms with Crippen molar-refractivity contribution in [3.05, 3.63) is 120 Å². The van der Waals surface area contributed by atoms with E-state index in [1.54, 1.807) is 20.8 Å². The first kappa shape index (κ1) is 10.7. The monoisotopic (exact) mass is 574 g/mol. The SMILES string of the molecule is [2H]c1c([2H])c([2H])c2c(c1[2H])Oc1cc(N(c3c([2H])c([2H])c(C(C)(C)C)c([2H])c3[2H])c3c([2H])c([2H])c(C(C([2H])([2H])[2H])(C([2H])([2H])[2H])C([2H])([2H])[2H])c([2H])c3[2H])cc3c1B2c1c([2H])c([2H])c([2H])c([2H])c1O3. The topological polar surface area (TPSA) is 21.7 Å². The molecule has 3 nitrogen and oxygen atoms in total. The van der Waals surface area contributed by atoms with Gasteiger partial charge in [-0.15, -0.1) is 0 Å². The Morgan fingerprint density at radius 3 is 1.48 bits per heavy atom. The molecule has 208 valence electrons. The second kappa shape index (κ2) is 9.56. The largest absolute Gasteiger partial charge is 0.458 e. The van der Waals surface area contributed by atoms with E-state index in [4.69, 9.17) is 38.3 Å². The average Bonchev–Trinajstić information content (AvgIpc) is 3.20. The van der Waals surface area contributed by atoms with Crippen LogP contribution < -0.4 is 30.8 Å². The van der Waals surface area contributed by atoms with Gasteiger partial charge in [-0.25, -0.2) is 0 Å². The van der Waals surface area contributed by atoms with Gasteiger partial charge in [-0.05, 0) is 69.1 Å². The molecule has 0 saturated heterocycles. The second-order valence-electron chi connectivity index (χ2n) is 10.8. The zero-order valence-electron chi connectivity index (χ0n) is 47.5. The molecule has 0 spiro atoms. The maximum absolute atomic E-state index is 9.37. The van der Waals surface area contributed by atoms with Crippen molar-refractivity contribution >= 4 is 40.2 Å². The highest BCUT2D eigenvalue weighted by Gasteiger charge is 2.40. The van der Waals surface area contributed by atoms with Crippen molar-refractivity contribution in [1.29, 1.82) is 0 Å². The molecule has 0 amide bonds. The first-order valence-corrected chi connectivity index (χ1v) is 12.8. The Hall–Kier alpha value is -4.44. The number of fused-ring (bicyclic) bond motifs is 4. The number of rotatable bonds is 3. The predicted molar refractivity (Wildman–Crippen MR) is 176 cm³/mol. The van der Waals surface area contributed by atoms with Crippen molar-refractivity contribution in [2.24, 2.45) is 0 Å². The number of hydrogen-bond acceptors (Lipinski definition) is 3. The maximum Gasteiger partial charge on any atom is 0.260 e. The minimum absolute atomic E-state index is 0.0888. The van der Waals surface area contributed by atoms with E-state index in [2.05, 4.69) is 0 Å². The third kappa shape index (κ3) is 4.46. The summed E-state index contributed by atoms with van der Waals surface area (Å²) in [5, 5.41) is 0. The molecule has 5 aromatic rings. The van der Waals surface area contributed by atoms with Crippen LogP contribution in [0.3, 0.4) is 0 Å². The summed E-state index contributed by atoms with van der Waals surface area (Å²) in [6, 6.07) is -12.2. The summed E-state index contributed by atoms with van der Waals surface area (Å²) in [5.74, 6) is -1.78. The van der Waals surface area contributed by atoms with Gasteiger partial charge < -0.3 is 14.4 Å². The minimum atomic E-state index is -4.05. The number of para-hydroxylation sites is 2. The van der Waals surface area contributed by atoms with Gasteiger partial charge in [0.05, 0.1) is 27.6 Å². The van der Waals surface area contributed by atoms with Crippen molar-refractivity contribution in [3.8, 4) is 23.0 Å². The molecular weight excluding hydrogens is 513 g/mol. The summed E-state index contributed by atoms with van der Waals surface area (Å²) in [7, 11) is 0. The number of nitrogens with zero attached hydrogens (tertiary/aromatic N) is 1. The standard InChI is InChI=1S/C38H36BNO2/c1-37(2,3)25-15-19-27(20-16-25)40(28-21-17-26(18-22-28)38(4,5)6)29-23-34-36-35(24-29)42-33-14-10-8-12-31(33)39(36)30-11-7-9-13-32(30)41-34/h7-24H,1-6H3/i1D3,2D3,3D3,7D,8D,9D,10D,11D,12D,13D,14D,15D,16D,17D,18D,19D,20D,21D,22D. The van der Waals surface area contributed by atoms with Gasteiger partial charge in [0.15, 0.2) is 0 Å². The third-order valence-electron chi connectivity index (χ3n) is 6.79. The van der Waals surface area contributed by atoms with Gasteiger partial charge in [0.2, 0.25) is 0 Å². The summed E-state index contributed by atoms with van der Waals surface area (Å²) in [4.78, 5) is 0.670. The van der Waals surface area contributed by atoms with Crippen LogP contribution in [0.1, 0.15) is 86.7 Å². The Balaban J connectivity index is 1.69. The molecule has 0 radical (unpaired) electrons. The molecule has 0 aliphatic carbocycles. The van der Waals surface area contributed by atoms with Gasteiger partial charge in [-0.3, -0.25) is 0 Å². The first-order valence-electron chi connectivity index (χ1n) is 25.3. The number of anilines is 3. The predicted octanol–water partition coefficient (Wildman–Crippen LogP) is 8.48. The zero-order chi connectivity index (χ0) is 50.6. The van der Waals surface area contributed by atoms with Crippen LogP contribution >= 0.6 is 0 Å². The molecule has 0 unspecified atom stereocenters. The fourth-order valence-electron chi connectivity index (χ4n) is 4.78. The van der Waals surface area contributed by atoms with Crippen LogP contribution in [0.15, 0.2) is 109 Å². The van der Waals surface area contributed by atoms with Gasteiger partial charge >= 0.3 is 0 Å². The third-order valence-corrected chi connectivity index (χ3v) is 6.79. The van der Waals surface area contributed by atoms with Crippen LogP contribution in [0.5, 0.6) is 23.0 Å². The average molecular weight is 575 g/mol. The summed E-state index contributed by atoms with van der Waals surface area (Å²) in [6.07, 6.45) is 0. The summed E-state index contributed by atoms with van der Waals surface area (Å²) < 4.78 is 230. The van der Waals surface area contributed by atoms with E-state index in [-0.39, 0.29) is 33.5 Å². The van der Waals surface area contributed by atoms with E-state index in [0.717, 1.165) is 12.1 Å². The van der Waals surface area contributed by atoms with Gasteiger partial charge in [-0.2, -0.15) is 0 Å². The van der Waals surface area contributed by atoms with E-state index < -0.39 is 169 Å². The van der Waals surface area contributed by atoms with E-state index in [0.29, 0.717) is 4.90 Å². The molecule has 4 heteroatoms. The molecule has 0 atom stereocenters. The molecule has 0 bridgehead atoms. The van der Waals surface area contributed by atoms with Crippen LogP contribution in [-0.4, -0.2) is 6.71 Å². The van der Waals surface area contributed by atoms with Crippen molar-refractivity contribution in [2.75, 3.05) is 4.90 Å². The highest BCUT2D eigenvalue weighted by atomic mass is 16.5. The smallest absolute Gasteiger partial charge is 0.260 e. The Labute approximate surface area is 285 Å². The van der Waals surface area contributed by atoms with Gasteiger partial charge in [0.1, 0.15) is 23.0 Å². The molecule has 2 aliphatic rings. The Bertz CT molecular complexity index is 2820. The van der Waals surface area contributed by atoms with Crippen LogP contribution in [0.4, 0.5) is 17.1 Å². The Morgan fingerprint density at radius 2 is 1.02 bits per heavy atom.